The molecule has 0 radical (unpaired) electrons. The standard InChI is InChI=1S/C19H24N2O3/c1-13-5-4-10-21(12-13)19(24)14(2)11-18(23)20-17-8-6-16(7-9-17)15(3)22/h6-9,11,13H,4-5,10,12H2,1-3H3,(H,20,23)/b14-11-. The predicted molar refractivity (Wildman–Crippen MR) is 93.8 cm³/mol. The fourth-order valence-electron chi connectivity index (χ4n) is 2.85. The molecule has 1 atom stereocenters. The third-order valence-electron chi connectivity index (χ3n) is 4.19. The molecule has 1 aromatic rings. The maximum atomic E-state index is 12.4. The number of Topliss-reactive ketones (excluding diaryl/α,β-unsaturated/α-hetero) is 1. The van der Waals surface area contributed by atoms with Crippen molar-refractivity contribution in [2.45, 2.75) is 33.6 Å². The Bertz CT molecular complexity index is 662. The van der Waals surface area contributed by atoms with Crippen LogP contribution >= 0.6 is 0 Å². The molecule has 1 unspecified atom stereocenters. The van der Waals surface area contributed by atoms with Crippen LogP contribution < -0.4 is 5.32 Å². The van der Waals surface area contributed by atoms with Crippen LogP contribution in [0.1, 0.15) is 44.0 Å². The molecule has 0 aliphatic carbocycles. The van der Waals surface area contributed by atoms with Crippen molar-refractivity contribution in [1.29, 1.82) is 0 Å². The second-order valence-corrected chi connectivity index (χ2v) is 6.45. The molecule has 5 nitrogen and oxygen atoms in total. The van der Waals surface area contributed by atoms with Crippen LogP contribution in [0.5, 0.6) is 0 Å². The zero-order chi connectivity index (χ0) is 17.7. The van der Waals surface area contributed by atoms with Crippen molar-refractivity contribution >= 4 is 23.3 Å². The van der Waals surface area contributed by atoms with Crippen LogP contribution in [0.4, 0.5) is 5.69 Å². The summed E-state index contributed by atoms with van der Waals surface area (Å²) in [4.78, 5) is 37.5. The van der Waals surface area contributed by atoms with E-state index in [0.717, 1.165) is 25.9 Å². The van der Waals surface area contributed by atoms with Gasteiger partial charge in [0.25, 0.3) is 0 Å². The number of nitrogens with zero attached hydrogens (tertiary/aromatic N) is 1. The number of carbonyl (C=O) groups excluding carboxylic acids is 3. The van der Waals surface area contributed by atoms with Gasteiger partial charge in [-0.25, -0.2) is 0 Å². The second kappa shape index (κ2) is 7.90. The Labute approximate surface area is 142 Å². The molecule has 1 aromatic carbocycles. The molecule has 1 fully saturated rings. The van der Waals surface area contributed by atoms with Crippen LogP contribution in [0.2, 0.25) is 0 Å². The minimum Gasteiger partial charge on any atom is -0.339 e. The van der Waals surface area contributed by atoms with Gasteiger partial charge in [-0.05, 0) is 56.9 Å². The van der Waals surface area contributed by atoms with Gasteiger partial charge >= 0.3 is 0 Å². The maximum Gasteiger partial charge on any atom is 0.249 e. The Morgan fingerprint density at radius 3 is 2.42 bits per heavy atom. The van der Waals surface area contributed by atoms with E-state index in [1.165, 1.54) is 13.0 Å². The highest BCUT2D eigenvalue weighted by molar-refractivity contribution is 6.06. The number of likely N-dealkylation sites (tertiary alicyclic amines) is 1. The van der Waals surface area contributed by atoms with E-state index in [0.29, 0.717) is 22.7 Å². The van der Waals surface area contributed by atoms with Crippen LogP contribution in [0.3, 0.4) is 0 Å². The number of rotatable bonds is 4. The highest BCUT2D eigenvalue weighted by atomic mass is 16.2. The molecule has 0 bridgehead atoms. The molecule has 1 N–H and O–H groups in total. The molecule has 5 heteroatoms. The van der Waals surface area contributed by atoms with E-state index in [2.05, 4.69) is 12.2 Å². The van der Waals surface area contributed by atoms with Gasteiger partial charge in [0.05, 0.1) is 0 Å². The van der Waals surface area contributed by atoms with E-state index >= 15 is 0 Å². The molecule has 0 saturated carbocycles. The van der Waals surface area contributed by atoms with Gasteiger partial charge in [-0.15, -0.1) is 0 Å². The Balaban J connectivity index is 1.97. The van der Waals surface area contributed by atoms with Crippen molar-refractivity contribution in [3.8, 4) is 0 Å². The zero-order valence-electron chi connectivity index (χ0n) is 14.5. The Morgan fingerprint density at radius 1 is 1.17 bits per heavy atom. The Kier molecular flexibility index (Phi) is 5.90. The van der Waals surface area contributed by atoms with E-state index in [-0.39, 0.29) is 17.6 Å². The van der Waals surface area contributed by atoms with E-state index in [9.17, 15) is 14.4 Å². The minimum atomic E-state index is -0.346. The highest BCUT2D eigenvalue weighted by Gasteiger charge is 2.22. The lowest BCUT2D eigenvalue weighted by molar-refractivity contribution is -0.129. The first-order chi connectivity index (χ1) is 11.4. The molecule has 2 rings (SSSR count). The van der Waals surface area contributed by atoms with Crippen molar-refractivity contribution in [2.24, 2.45) is 5.92 Å². The average Bonchev–Trinajstić information content (AvgIpc) is 2.54. The van der Waals surface area contributed by atoms with Gasteiger partial charge < -0.3 is 10.2 Å². The molecular formula is C19H24N2O3. The Hall–Kier alpha value is -2.43. The second-order valence-electron chi connectivity index (χ2n) is 6.45. The maximum absolute atomic E-state index is 12.4. The number of amides is 2. The van der Waals surface area contributed by atoms with Crippen molar-refractivity contribution in [3.05, 3.63) is 41.5 Å². The number of benzene rings is 1. The fraction of sp³-hybridized carbons (Fsp3) is 0.421. The van der Waals surface area contributed by atoms with Gasteiger partial charge in [-0.1, -0.05) is 6.92 Å². The van der Waals surface area contributed by atoms with Gasteiger partial charge in [0.1, 0.15) is 0 Å². The molecule has 128 valence electrons. The summed E-state index contributed by atoms with van der Waals surface area (Å²) in [7, 11) is 0. The molecule has 1 aliphatic heterocycles. The summed E-state index contributed by atoms with van der Waals surface area (Å²) in [6, 6.07) is 6.67. The topological polar surface area (TPSA) is 66.5 Å². The molecule has 1 heterocycles. The third-order valence-corrected chi connectivity index (χ3v) is 4.19. The molecule has 1 saturated heterocycles. The van der Waals surface area contributed by atoms with Crippen LogP contribution in [0, 0.1) is 5.92 Å². The van der Waals surface area contributed by atoms with Crippen LogP contribution in [-0.2, 0) is 9.59 Å². The molecule has 0 aromatic heterocycles. The first-order valence-electron chi connectivity index (χ1n) is 8.26. The summed E-state index contributed by atoms with van der Waals surface area (Å²) < 4.78 is 0. The highest BCUT2D eigenvalue weighted by Crippen LogP contribution is 2.17. The van der Waals surface area contributed by atoms with E-state index in [1.807, 2.05) is 4.90 Å². The number of carbonyl (C=O) groups is 3. The third kappa shape index (κ3) is 4.78. The molecule has 1 aliphatic rings. The number of ketones is 1. The lowest BCUT2D eigenvalue weighted by Gasteiger charge is -2.31. The Morgan fingerprint density at radius 2 is 1.83 bits per heavy atom. The molecule has 0 spiro atoms. The lowest BCUT2D eigenvalue weighted by atomic mass is 9.99. The van der Waals surface area contributed by atoms with E-state index < -0.39 is 0 Å². The van der Waals surface area contributed by atoms with Crippen LogP contribution in [0.25, 0.3) is 0 Å². The van der Waals surface area contributed by atoms with Crippen molar-refractivity contribution in [3.63, 3.8) is 0 Å². The number of hydrogen-bond acceptors (Lipinski definition) is 3. The van der Waals surface area contributed by atoms with Gasteiger partial charge in [0.15, 0.2) is 5.78 Å². The van der Waals surface area contributed by atoms with Gasteiger partial charge in [-0.3, -0.25) is 14.4 Å². The van der Waals surface area contributed by atoms with E-state index in [1.54, 1.807) is 31.2 Å². The number of hydrogen-bond donors (Lipinski definition) is 1. The number of anilines is 1. The summed E-state index contributed by atoms with van der Waals surface area (Å²) in [6.45, 7) is 6.79. The monoisotopic (exact) mass is 328 g/mol. The molecular weight excluding hydrogens is 304 g/mol. The SMILES string of the molecule is CC(=O)c1ccc(NC(=O)/C=C(/C)C(=O)N2CCCC(C)C2)cc1. The van der Waals surface area contributed by atoms with Crippen molar-refractivity contribution in [2.75, 3.05) is 18.4 Å². The summed E-state index contributed by atoms with van der Waals surface area (Å²) in [6.07, 6.45) is 3.48. The normalized spacial score (nSPS) is 18.2. The predicted octanol–water partition coefficient (Wildman–Crippen LogP) is 3.03. The van der Waals surface area contributed by atoms with E-state index in [4.69, 9.17) is 0 Å². The molecule has 2 amide bonds. The van der Waals surface area contributed by atoms with Crippen molar-refractivity contribution in [1.82, 2.24) is 4.90 Å². The van der Waals surface area contributed by atoms with Gasteiger partial charge in [0, 0.05) is 36.0 Å². The first kappa shape index (κ1) is 17.9. The van der Waals surface area contributed by atoms with Crippen molar-refractivity contribution < 1.29 is 14.4 Å². The largest absolute Gasteiger partial charge is 0.339 e. The quantitative estimate of drug-likeness (QED) is 0.682. The van der Waals surface area contributed by atoms with Crippen LogP contribution in [-0.4, -0.2) is 35.6 Å². The van der Waals surface area contributed by atoms with Crippen LogP contribution in [0.15, 0.2) is 35.9 Å². The summed E-state index contributed by atoms with van der Waals surface area (Å²) >= 11 is 0. The molecule has 24 heavy (non-hydrogen) atoms. The smallest absolute Gasteiger partial charge is 0.249 e. The van der Waals surface area contributed by atoms with Gasteiger partial charge in [-0.2, -0.15) is 0 Å². The lowest BCUT2D eigenvalue weighted by Crippen LogP contribution is -2.39. The summed E-state index contributed by atoms with van der Waals surface area (Å²) in [5.74, 6) is 0.0548. The minimum absolute atomic E-state index is 0.0232. The first-order valence-corrected chi connectivity index (χ1v) is 8.26. The van der Waals surface area contributed by atoms with Gasteiger partial charge in [0.2, 0.25) is 11.8 Å². The number of nitrogens with one attached hydrogen (secondary N) is 1. The zero-order valence-corrected chi connectivity index (χ0v) is 14.5. The summed E-state index contributed by atoms with van der Waals surface area (Å²) in [5, 5.41) is 2.71. The average molecular weight is 328 g/mol. The fourth-order valence-corrected chi connectivity index (χ4v) is 2.85. The number of piperidine rings is 1. The summed E-state index contributed by atoms with van der Waals surface area (Å²) in [5.41, 5.74) is 1.61.